The molecule has 0 aromatic heterocycles. The van der Waals surface area contributed by atoms with Crippen molar-refractivity contribution in [1.29, 1.82) is 0 Å². The SMILES string of the molecule is O=S(=O)(Cl)c1ccc(-c2ccccc2F)cc1F. The van der Waals surface area contributed by atoms with Crippen molar-refractivity contribution >= 4 is 19.7 Å². The Hall–Kier alpha value is -1.46. The summed E-state index contributed by atoms with van der Waals surface area (Å²) < 4.78 is 49.1. The predicted molar refractivity (Wildman–Crippen MR) is 64.8 cm³/mol. The molecule has 0 aliphatic heterocycles. The third-order valence-corrected chi connectivity index (χ3v) is 3.73. The summed E-state index contributed by atoms with van der Waals surface area (Å²) in [5, 5.41) is 0. The first kappa shape index (κ1) is 13.0. The van der Waals surface area contributed by atoms with Gasteiger partial charge in [0.25, 0.3) is 9.05 Å². The van der Waals surface area contributed by atoms with Crippen LogP contribution in [0, 0.1) is 11.6 Å². The van der Waals surface area contributed by atoms with Gasteiger partial charge < -0.3 is 0 Å². The molecule has 6 heteroatoms. The van der Waals surface area contributed by atoms with Crippen molar-refractivity contribution in [3.05, 3.63) is 54.1 Å². The summed E-state index contributed by atoms with van der Waals surface area (Å²) >= 11 is 0. The number of rotatable bonds is 2. The Kier molecular flexibility index (Phi) is 3.36. The van der Waals surface area contributed by atoms with Crippen LogP contribution < -0.4 is 0 Å². The molecular weight excluding hydrogens is 282 g/mol. The molecule has 0 radical (unpaired) electrons. The largest absolute Gasteiger partial charge is 0.264 e. The summed E-state index contributed by atoms with van der Waals surface area (Å²) in [5.41, 5.74) is 0.435. The van der Waals surface area contributed by atoms with Crippen molar-refractivity contribution in [3.63, 3.8) is 0 Å². The summed E-state index contributed by atoms with van der Waals surface area (Å²) in [6.07, 6.45) is 0. The average molecular weight is 289 g/mol. The van der Waals surface area contributed by atoms with Crippen molar-refractivity contribution in [1.82, 2.24) is 0 Å². The first-order chi connectivity index (χ1) is 8.39. The molecule has 0 atom stereocenters. The molecule has 0 aliphatic rings. The highest BCUT2D eigenvalue weighted by Crippen LogP contribution is 2.27. The van der Waals surface area contributed by atoms with E-state index in [2.05, 4.69) is 0 Å². The predicted octanol–water partition coefficient (Wildman–Crippen LogP) is 3.56. The highest BCUT2D eigenvalue weighted by molar-refractivity contribution is 8.13. The second-order valence-electron chi connectivity index (χ2n) is 3.56. The molecule has 0 aliphatic carbocycles. The van der Waals surface area contributed by atoms with E-state index in [4.69, 9.17) is 10.7 Å². The average Bonchev–Trinajstić information content (AvgIpc) is 2.27. The summed E-state index contributed by atoms with van der Waals surface area (Å²) in [4.78, 5) is -0.621. The molecule has 0 amide bonds. The molecule has 0 unspecified atom stereocenters. The van der Waals surface area contributed by atoms with E-state index in [1.807, 2.05) is 0 Å². The maximum absolute atomic E-state index is 13.6. The zero-order valence-electron chi connectivity index (χ0n) is 8.90. The molecule has 2 aromatic carbocycles. The highest BCUT2D eigenvalue weighted by Gasteiger charge is 2.17. The van der Waals surface area contributed by atoms with Gasteiger partial charge in [0.15, 0.2) is 0 Å². The van der Waals surface area contributed by atoms with Crippen LogP contribution >= 0.6 is 10.7 Å². The third-order valence-electron chi connectivity index (χ3n) is 2.38. The Morgan fingerprint density at radius 2 is 1.61 bits per heavy atom. The van der Waals surface area contributed by atoms with Crippen molar-refractivity contribution in [2.75, 3.05) is 0 Å². The fraction of sp³-hybridized carbons (Fsp3) is 0. The standard InChI is InChI=1S/C12H7ClF2O2S/c13-18(16,17)12-6-5-8(7-11(12)15)9-3-1-2-4-10(9)14/h1-7H. The van der Waals surface area contributed by atoms with Gasteiger partial charge in [-0.2, -0.15) is 0 Å². The van der Waals surface area contributed by atoms with E-state index in [0.29, 0.717) is 0 Å². The Bertz CT molecular complexity index is 699. The van der Waals surface area contributed by atoms with Crippen LogP contribution in [0.15, 0.2) is 47.4 Å². The molecule has 2 nitrogen and oxygen atoms in total. The Morgan fingerprint density at radius 3 is 2.17 bits per heavy atom. The maximum atomic E-state index is 13.6. The van der Waals surface area contributed by atoms with E-state index in [-0.39, 0.29) is 11.1 Å². The zero-order chi connectivity index (χ0) is 13.3. The minimum atomic E-state index is -4.14. The van der Waals surface area contributed by atoms with Crippen molar-refractivity contribution in [2.24, 2.45) is 0 Å². The monoisotopic (exact) mass is 288 g/mol. The molecule has 2 aromatic rings. The lowest BCUT2D eigenvalue weighted by molar-refractivity contribution is 0.576. The summed E-state index contributed by atoms with van der Waals surface area (Å²) in [6, 6.07) is 9.07. The van der Waals surface area contributed by atoms with Crippen LogP contribution in [0.25, 0.3) is 11.1 Å². The van der Waals surface area contributed by atoms with Crippen LogP contribution in [0.4, 0.5) is 8.78 Å². The lowest BCUT2D eigenvalue weighted by Gasteiger charge is -2.05. The second-order valence-corrected chi connectivity index (χ2v) is 6.10. The highest BCUT2D eigenvalue weighted by atomic mass is 35.7. The van der Waals surface area contributed by atoms with E-state index in [1.54, 1.807) is 6.07 Å². The van der Waals surface area contributed by atoms with Crippen LogP contribution in [-0.4, -0.2) is 8.42 Å². The normalized spacial score (nSPS) is 11.5. The van der Waals surface area contributed by atoms with Crippen molar-refractivity contribution in [3.8, 4) is 11.1 Å². The smallest absolute Gasteiger partial charge is 0.207 e. The molecule has 94 valence electrons. The molecule has 0 saturated heterocycles. The molecule has 0 saturated carbocycles. The molecule has 0 heterocycles. The van der Waals surface area contributed by atoms with Crippen LogP contribution in [-0.2, 0) is 9.05 Å². The van der Waals surface area contributed by atoms with Gasteiger partial charge in [0.1, 0.15) is 16.5 Å². The van der Waals surface area contributed by atoms with Gasteiger partial charge in [-0.25, -0.2) is 17.2 Å². The van der Waals surface area contributed by atoms with Gasteiger partial charge in [0.2, 0.25) is 0 Å². The van der Waals surface area contributed by atoms with E-state index in [1.165, 1.54) is 24.3 Å². The molecule has 0 fully saturated rings. The minimum Gasteiger partial charge on any atom is -0.207 e. The second kappa shape index (κ2) is 4.66. The van der Waals surface area contributed by atoms with Crippen LogP contribution in [0.3, 0.4) is 0 Å². The lowest BCUT2D eigenvalue weighted by atomic mass is 10.1. The number of benzene rings is 2. The lowest BCUT2D eigenvalue weighted by Crippen LogP contribution is -1.96. The first-order valence-electron chi connectivity index (χ1n) is 4.89. The molecular formula is C12H7ClF2O2S. The Morgan fingerprint density at radius 1 is 0.944 bits per heavy atom. The Balaban J connectivity index is 2.58. The fourth-order valence-corrected chi connectivity index (χ4v) is 2.46. The van der Waals surface area contributed by atoms with Gasteiger partial charge in [0.05, 0.1) is 0 Å². The number of hydrogen-bond donors (Lipinski definition) is 0. The van der Waals surface area contributed by atoms with Gasteiger partial charge in [-0.1, -0.05) is 24.3 Å². The third kappa shape index (κ3) is 2.52. The Labute approximate surface area is 107 Å². The van der Waals surface area contributed by atoms with Gasteiger partial charge in [-0.3, -0.25) is 0 Å². The summed E-state index contributed by atoms with van der Waals surface area (Å²) in [5.74, 6) is -1.52. The van der Waals surface area contributed by atoms with Gasteiger partial charge in [-0.15, -0.1) is 0 Å². The zero-order valence-corrected chi connectivity index (χ0v) is 10.5. The summed E-state index contributed by atoms with van der Waals surface area (Å²) in [6.45, 7) is 0. The van der Waals surface area contributed by atoms with Crippen molar-refractivity contribution < 1.29 is 17.2 Å². The minimum absolute atomic E-state index is 0.190. The topological polar surface area (TPSA) is 34.1 Å². The number of hydrogen-bond acceptors (Lipinski definition) is 2. The van der Waals surface area contributed by atoms with Gasteiger partial charge >= 0.3 is 0 Å². The molecule has 2 rings (SSSR count). The van der Waals surface area contributed by atoms with E-state index >= 15 is 0 Å². The van der Waals surface area contributed by atoms with E-state index in [9.17, 15) is 17.2 Å². The van der Waals surface area contributed by atoms with Crippen LogP contribution in [0.1, 0.15) is 0 Å². The molecule has 0 spiro atoms. The van der Waals surface area contributed by atoms with E-state index in [0.717, 1.165) is 12.1 Å². The molecule has 18 heavy (non-hydrogen) atoms. The first-order valence-corrected chi connectivity index (χ1v) is 7.19. The van der Waals surface area contributed by atoms with Gasteiger partial charge in [-0.05, 0) is 23.8 Å². The molecule has 0 N–H and O–H groups in total. The summed E-state index contributed by atoms with van der Waals surface area (Å²) in [7, 11) is 0.913. The fourth-order valence-electron chi connectivity index (χ4n) is 1.56. The van der Waals surface area contributed by atoms with E-state index < -0.39 is 25.6 Å². The van der Waals surface area contributed by atoms with Crippen molar-refractivity contribution in [2.45, 2.75) is 4.90 Å². The van der Waals surface area contributed by atoms with Gasteiger partial charge in [0, 0.05) is 16.2 Å². The van der Waals surface area contributed by atoms with Crippen LogP contribution in [0.2, 0.25) is 0 Å². The molecule has 0 bridgehead atoms. The quantitative estimate of drug-likeness (QED) is 0.792. The number of halogens is 3. The van der Waals surface area contributed by atoms with Crippen LogP contribution in [0.5, 0.6) is 0 Å². The maximum Gasteiger partial charge on any atom is 0.264 e.